The van der Waals surface area contributed by atoms with Crippen LogP contribution < -0.4 is 10.1 Å². The highest BCUT2D eigenvalue weighted by molar-refractivity contribution is 6.37. The molecule has 0 fully saturated rings. The van der Waals surface area contributed by atoms with E-state index in [4.69, 9.17) is 27.9 Å². The molecule has 0 unspecified atom stereocenters. The molecule has 1 amide bonds. The average molecular weight is 343 g/mol. The lowest BCUT2D eigenvalue weighted by Crippen LogP contribution is -2.26. The van der Waals surface area contributed by atoms with Crippen molar-refractivity contribution in [1.29, 1.82) is 0 Å². The number of rotatable bonds is 6. The number of carbonyl (C=O) groups is 1. The summed E-state index contributed by atoms with van der Waals surface area (Å²) in [7, 11) is 0. The molecular formula is C15H16Cl2N2O3. The van der Waals surface area contributed by atoms with Gasteiger partial charge in [-0.25, -0.2) is 0 Å². The Bertz CT molecular complexity index is 648. The van der Waals surface area contributed by atoms with Gasteiger partial charge >= 0.3 is 0 Å². The monoisotopic (exact) mass is 342 g/mol. The summed E-state index contributed by atoms with van der Waals surface area (Å²) in [5.41, 5.74) is 1.46. The zero-order valence-corrected chi connectivity index (χ0v) is 13.5. The summed E-state index contributed by atoms with van der Waals surface area (Å²) in [6.07, 6.45) is 2.32. The molecule has 0 saturated heterocycles. The Hall–Kier alpha value is -1.85. The number of ether oxygens (including phenoxy) is 1. The largest absolute Gasteiger partial charge is 0.508 e. The predicted octanol–water partition coefficient (Wildman–Crippen LogP) is 3.53. The number of aromatic nitrogens is 1. The van der Waals surface area contributed by atoms with Gasteiger partial charge in [0.15, 0.2) is 5.75 Å². The van der Waals surface area contributed by atoms with Crippen molar-refractivity contribution in [2.45, 2.75) is 13.3 Å². The molecule has 7 heteroatoms. The van der Waals surface area contributed by atoms with Gasteiger partial charge in [-0.15, -0.1) is 0 Å². The first-order valence-electron chi connectivity index (χ1n) is 6.72. The quantitative estimate of drug-likeness (QED) is 0.703. The van der Waals surface area contributed by atoms with Crippen molar-refractivity contribution >= 4 is 29.1 Å². The van der Waals surface area contributed by atoms with Crippen LogP contribution in [0.15, 0.2) is 24.4 Å². The number of amides is 1. The van der Waals surface area contributed by atoms with E-state index in [1.54, 1.807) is 6.20 Å². The van der Waals surface area contributed by atoms with Gasteiger partial charge in [-0.05, 0) is 25.0 Å². The summed E-state index contributed by atoms with van der Waals surface area (Å²) in [6.45, 7) is 2.67. The molecular weight excluding hydrogens is 327 g/mol. The highest BCUT2D eigenvalue weighted by Gasteiger charge is 2.10. The van der Waals surface area contributed by atoms with Crippen molar-refractivity contribution in [2.75, 3.05) is 13.2 Å². The molecule has 0 radical (unpaired) electrons. The maximum Gasteiger partial charge on any atom is 0.267 e. The second kappa shape index (κ2) is 7.42. The average Bonchev–Trinajstić information content (AvgIpc) is 2.87. The van der Waals surface area contributed by atoms with Gasteiger partial charge in [0.2, 0.25) is 0 Å². The molecule has 2 aromatic rings. The number of halogens is 2. The van der Waals surface area contributed by atoms with E-state index in [1.807, 2.05) is 13.0 Å². The SMILES string of the molecule is Cc1cc[nH]c1C(=O)NCCCOc1c(Cl)cc(O)cc1Cl. The van der Waals surface area contributed by atoms with Crippen molar-refractivity contribution in [3.05, 3.63) is 45.7 Å². The van der Waals surface area contributed by atoms with Crippen LogP contribution in [0.25, 0.3) is 0 Å². The molecule has 1 aromatic carbocycles. The smallest absolute Gasteiger partial charge is 0.267 e. The Labute approximate surface area is 138 Å². The number of hydrogen-bond donors (Lipinski definition) is 3. The van der Waals surface area contributed by atoms with Gasteiger partial charge in [-0.2, -0.15) is 0 Å². The molecule has 0 atom stereocenters. The zero-order valence-electron chi connectivity index (χ0n) is 12.0. The van der Waals surface area contributed by atoms with Crippen molar-refractivity contribution in [3.63, 3.8) is 0 Å². The van der Waals surface area contributed by atoms with Crippen LogP contribution in [0, 0.1) is 6.92 Å². The number of aromatic hydroxyl groups is 1. The fourth-order valence-electron chi connectivity index (χ4n) is 1.91. The van der Waals surface area contributed by atoms with Gasteiger partial charge in [0, 0.05) is 24.9 Å². The summed E-state index contributed by atoms with van der Waals surface area (Å²) in [6, 6.07) is 4.56. The van der Waals surface area contributed by atoms with Crippen molar-refractivity contribution in [2.24, 2.45) is 0 Å². The lowest BCUT2D eigenvalue weighted by atomic mass is 10.2. The third-order valence-corrected chi connectivity index (χ3v) is 3.58. The van der Waals surface area contributed by atoms with Gasteiger partial charge < -0.3 is 20.1 Å². The lowest BCUT2D eigenvalue weighted by Gasteiger charge is -2.10. The van der Waals surface area contributed by atoms with Crippen LogP contribution in [0.2, 0.25) is 10.0 Å². The normalized spacial score (nSPS) is 10.5. The summed E-state index contributed by atoms with van der Waals surface area (Å²) in [4.78, 5) is 14.7. The van der Waals surface area contributed by atoms with Crippen LogP contribution in [0.3, 0.4) is 0 Å². The minimum Gasteiger partial charge on any atom is -0.508 e. The summed E-state index contributed by atoms with van der Waals surface area (Å²) in [5, 5.41) is 12.6. The van der Waals surface area contributed by atoms with E-state index in [-0.39, 0.29) is 21.7 Å². The molecule has 1 aromatic heterocycles. The number of nitrogens with one attached hydrogen (secondary N) is 2. The number of phenolic OH excluding ortho intramolecular Hbond substituents is 1. The third kappa shape index (κ3) is 4.08. The summed E-state index contributed by atoms with van der Waals surface area (Å²) >= 11 is 11.9. The number of phenols is 1. The zero-order chi connectivity index (χ0) is 16.1. The Morgan fingerprint density at radius 2 is 2.05 bits per heavy atom. The molecule has 1 heterocycles. The third-order valence-electron chi connectivity index (χ3n) is 3.02. The number of hydrogen-bond acceptors (Lipinski definition) is 3. The summed E-state index contributed by atoms with van der Waals surface area (Å²) in [5.74, 6) is 0.159. The second-order valence-electron chi connectivity index (χ2n) is 4.73. The van der Waals surface area contributed by atoms with E-state index in [0.29, 0.717) is 31.0 Å². The number of aromatic amines is 1. The molecule has 0 saturated carbocycles. The molecule has 0 aliphatic heterocycles. The molecule has 22 heavy (non-hydrogen) atoms. The van der Waals surface area contributed by atoms with Crippen LogP contribution in [-0.4, -0.2) is 29.1 Å². The van der Waals surface area contributed by atoms with E-state index in [1.165, 1.54) is 12.1 Å². The second-order valence-corrected chi connectivity index (χ2v) is 5.55. The van der Waals surface area contributed by atoms with Gasteiger partial charge in [0.05, 0.1) is 16.7 Å². The molecule has 118 valence electrons. The molecule has 0 aliphatic carbocycles. The van der Waals surface area contributed by atoms with E-state index in [9.17, 15) is 9.90 Å². The number of benzene rings is 1. The van der Waals surface area contributed by atoms with Crippen LogP contribution >= 0.6 is 23.2 Å². The minimum atomic E-state index is -0.150. The van der Waals surface area contributed by atoms with Gasteiger partial charge in [0.1, 0.15) is 11.4 Å². The molecule has 0 spiro atoms. The predicted molar refractivity (Wildman–Crippen MR) is 86.1 cm³/mol. The van der Waals surface area contributed by atoms with E-state index >= 15 is 0 Å². The van der Waals surface area contributed by atoms with Gasteiger partial charge in [-0.1, -0.05) is 23.2 Å². The molecule has 2 rings (SSSR count). The molecule has 3 N–H and O–H groups in total. The molecule has 5 nitrogen and oxygen atoms in total. The van der Waals surface area contributed by atoms with E-state index in [0.717, 1.165) is 5.56 Å². The van der Waals surface area contributed by atoms with Crippen LogP contribution in [0.1, 0.15) is 22.5 Å². The van der Waals surface area contributed by atoms with Gasteiger partial charge in [0.25, 0.3) is 5.91 Å². The fourth-order valence-corrected chi connectivity index (χ4v) is 2.50. The highest BCUT2D eigenvalue weighted by atomic mass is 35.5. The number of H-pyrrole nitrogens is 1. The Kier molecular flexibility index (Phi) is 5.57. The van der Waals surface area contributed by atoms with E-state index < -0.39 is 0 Å². The molecule has 0 bridgehead atoms. The first kappa shape index (κ1) is 16.5. The Balaban J connectivity index is 1.76. The minimum absolute atomic E-state index is 0.0177. The van der Waals surface area contributed by atoms with Crippen LogP contribution in [-0.2, 0) is 0 Å². The highest BCUT2D eigenvalue weighted by Crippen LogP contribution is 2.36. The topological polar surface area (TPSA) is 74.4 Å². The maximum absolute atomic E-state index is 11.9. The first-order valence-corrected chi connectivity index (χ1v) is 7.47. The fraction of sp³-hybridized carbons (Fsp3) is 0.267. The van der Waals surface area contributed by atoms with Crippen molar-refractivity contribution < 1.29 is 14.6 Å². The standard InChI is InChI=1S/C15H16Cl2N2O3/c1-9-3-5-18-13(9)15(21)19-4-2-6-22-14-11(16)7-10(20)8-12(14)17/h3,5,7-8,18,20H,2,4,6H2,1H3,(H,19,21). The number of carbonyl (C=O) groups excluding carboxylic acids is 1. The summed E-state index contributed by atoms with van der Waals surface area (Å²) < 4.78 is 5.48. The Morgan fingerprint density at radius 3 is 2.64 bits per heavy atom. The van der Waals surface area contributed by atoms with E-state index in [2.05, 4.69) is 10.3 Å². The van der Waals surface area contributed by atoms with Crippen molar-refractivity contribution in [3.8, 4) is 11.5 Å². The van der Waals surface area contributed by atoms with Crippen molar-refractivity contribution in [1.82, 2.24) is 10.3 Å². The number of aryl methyl sites for hydroxylation is 1. The lowest BCUT2D eigenvalue weighted by molar-refractivity contribution is 0.0946. The van der Waals surface area contributed by atoms with Gasteiger partial charge in [-0.3, -0.25) is 4.79 Å². The Morgan fingerprint density at radius 1 is 1.36 bits per heavy atom. The molecule has 0 aliphatic rings. The van der Waals surface area contributed by atoms with Crippen LogP contribution in [0.5, 0.6) is 11.5 Å². The first-order chi connectivity index (χ1) is 10.5. The van der Waals surface area contributed by atoms with Crippen LogP contribution in [0.4, 0.5) is 0 Å². The maximum atomic E-state index is 11.9.